The molecule has 1 rings (SSSR count). The molecule has 1 aromatic rings. The second-order valence-corrected chi connectivity index (χ2v) is 6.28. The number of thioether (sulfide) groups is 1. The van der Waals surface area contributed by atoms with Crippen LogP contribution in [0.3, 0.4) is 0 Å². The number of carbonyl (C=O) groups excluding carboxylic acids is 1. The normalized spacial score (nSPS) is 13.1. The zero-order valence-corrected chi connectivity index (χ0v) is 12.8. The Morgan fingerprint density at radius 3 is 2.79 bits per heavy atom. The predicted molar refractivity (Wildman–Crippen MR) is 78.4 cm³/mol. The first-order valence-corrected chi connectivity index (χ1v) is 7.54. The summed E-state index contributed by atoms with van der Waals surface area (Å²) in [6, 6.07) is 3.51. The molecule has 1 atom stereocenters. The third kappa shape index (κ3) is 4.84. The van der Waals surface area contributed by atoms with Gasteiger partial charge in [-0.3, -0.25) is 4.79 Å². The van der Waals surface area contributed by atoms with Crippen LogP contribution >= 0.6 is 11.8 Å². The average Bonchev–Trinajstić information content (AvgIpc) is 2.37. The van der Waals surface area contributed by atoms with Gasteiger partial charge in [-0.15, -0.1) is 11.8 Å². The number of nitrogens with one attached hydrogen (secondary N) is 1. The molecule has 0 fully saturated rings. The summed E-state index contributed by atoms with van der Waals surface area (Å²) in [5.74, 6) is -0.140. The lowest BCUT2D eigenvalue weighted by Crippen LogP contribution is -2.32. The van der Waals surface area contributed by atoms with E-state index in [0.29, 0.717) is 18.5 Å². The Kier molecular flexibility index (Phi) is 5.82. The van der Waals surface area contributed by atoms with E-state index in [9.17, 15) is 9.90 Å². The SMILES string of the molecule is CSc1ncccc1C(=O)NCCC(O)C(C)(C)C. The highest BCUT2D eigenvalue weighted by Gasteiger charge is 2.21. The predicted octanol–water partition coefficient (Wildman–Crippen LogP) is 2.33. The molecule has 0 spiro atoms. The van der Waals surface area contributed by atoms with Crippen LogP contribution in [0.4, 0.5) is 0 Å². The Morgan fingerprint density at radius 1 is 1.53 bits per heavy atom. The average molecular weight is 282 g/mol. The van der Waals surface area contributed by atoms with Crippen LogP contribution in [0.5, 0.6) is 0 Å². The Morgan fingerprint density at radius 2 is 2.21 bits per heavy atom. The van der Waals surface area contributed by atoms with E-state index < -0.39 is 6.10 Å². The van der Waals surface area contributed by atoms with Gasteiger partial charge in [-0.1, -0.05) is 20.8 Å². The van der Waals surface area contributed by atoms with Gasteiger partial charge >= 0.3 is 0 Å². The van der Waals surface area contributed by atoms with Gasteiger partial charge in [0.25, 0.3) is 5.91 Å². The van der Waals surface area contributed by atoms with Crippen LogP contribution in [0.25, 0.3) is 0 Å². The van der Waals surface area contributed by atoms with Gasteiger partial charge in [-0.25, -0.2) is 4.98 Å². The first-order chi connectivity index (χ1) is 8.86. The number of aromatic nitrogens is 1. The maximum Gasteiger partial charge on any atom is 0.254 e. The van der Waals surface area contributed by atoms with Gasteiger partial charge in [0.1, 0.15) is 5.03 Å². The largest absolute Gasteiger partial charge is 0.393 e. The maximum atomic E-state index is 12.0. The van der Waals surface area contributed by atoms with Crippen LogP contribution in [-0.2, 0) is 0 Å². The van der Waals surface area contributed by atoms with Crippen molar-refractivity contribution in [2.75, 3.05) is 12.8 Å². The van der Waals surface area contributed by atoms with Crippen molar-refractivity contribution in [2.24, 2.45) is 5.41 Å². The number of nitrogens with zero attached hydrogens (tertiary/aromatic N) is 1. The number of hydrogen-bond acceptors (Lipinski definition) is 4. The third-order valence-corrected chi connectivity index (χ3v) is 3.62. The summed E-state index contributed by atoms with van der Waals surface area (Å²) < 4.78 is 0. The summed E-state index contributed by atoms with van der Waals surface area (Å²) in [6.45, 7) is 6.39. The van der Waals surface area contributed by atoms with E-state index in [2.05, 4.69) is 10.3 Å². The fourth-order valence-electron chi connectivity index (χ4n) is 1.58. The third-order valence-electron chi connectivity index (χ3n) is 2.91. The summed E-state index contributed by atoms with van der Waals surface area (Å²) in [5.41, 5.74) is 0.420. The van der Waals surface area contributed by atoms with E-state index >= 15 is 0 Å². The zero-order chi connectivity index (χ0) is 14.5. The van der Waals surface area contributed by atoms with E-state index in [4.69, 9.17) is 0 Å². The smallest absolute Gasteiger partial charge is 0.254 e. The summed E-state index contributed by atoms with van der Waals surface area (Å²) >= 11 is 1.45. The van der Waals surface area contributed by atoms with Gasteiger partial charge in [0.15, 0.2) is 0 Å². The number of aliphatic hydroxyl groups is 1. The maximum absolute atomic E-state index is 12.0. The molecule has 0 aliphatic rings. The molecule has 0 saturated heterocycles. The topological polar surface area (TPSA) is 62.2 Å². The van der Waals surface area contributed by atoms with E-state index in [-0.39, 0.29) is 11.3 Å². The lowest BCUT2D eigenvalue weighted by atomic mass is 9.87. The molecule has 0 aliphatic carbocycles. The summed E-state index contributed by atoms with van der Waals surface area (Å²) in [4.78, 5) is 16.2. The van der Waals surface area contributed by atoms with Gasteiger partial charge in [-0.2, -0.15) is 0 Å². The molecule has 2 N–H and O–H groups in total. The molecule has 0 radical (unpaired) electrons. The van der Waals surface area contributed by atoms with Crippen molar-refractivity contribution in [3.8, 4) is 0 Å². The highest BCUT2D eigenvalue weighted by atomic mass is 32.2. The van der Waals surface area contributed by atoms with Crippen LogP contribution in [0.15, 0.2) is 23.4 Å². The fourth-order valence-corrected chi connectivity index (χ4v) is 2.12. The lowest BCUT2D eigenvalue weighted by molar-refractivity contribution is 0.0551. The molecule has 0 saturated carbocycles. The van der Waals surface area contributed by atoms with Crippen molar-refractivity contribution in [1.29, 1.82) is 0 Å². The van der Waals surface area contributed by atoms with Crippen molar-refractivity contribution in [3.05, 3.63) is 23.9 Å². The number of carbonyl (C=O) groups is 1. The van der Waals surface area contributed by atoms with Crippen LogP contribution in [0, 0.1) is 5.41 Å². The minimum Gasteiger partial charge on any atom is -0.393 e. The van der Waals surface area contributed by atoms with E-state index in [1.165, 1.54) is 11.8 Å². The van der Waals surface area contributed by atoms with Gasteiger partial charge in [0.2, 0.25) is 0 Å². The molecule has 5 heteroatoms. The molecule has 1 heterocycles. The van der Waals surface area contributed by atoms with Crippen LogP contribution in [-0.4, -0.2) is 34.9 Å². The number of amides is 1. The van der Waals surface area contributed by atoms with Gasteiger partial charge in [0.05, 0.1) is 11.7 Å². The van der Waals surface area contributed by atoms with E-state index in [1.807, 2.05) is 27.0 Å². The van der Waals surface area contributed by atoms with Crippen molar-refractivity contribution in [1.82, 2.24) is 10.3 Å². The van der Waals surface area contributed by atoms with Gasteiger partial charge in [-0.05, 0) is 30.2 Å². The van der Waals surface area contributed by atoms with Crippen molar-refractivity contribution < 1.29 is 9.90 Å². The number of pyridine rings is 1. The monoisotopic (exact) mass is 282 g/mol. The fraction of sp³-hybridized carbons (Fsp3) is 0.571. The molecule has 19 heavy (non-hydrogen) atoms. The van der Waals surface area contributed by atoms with Gasteiger partial charge < -0.3 is 10.4 Å². The first kappa shape index (κ1) is 16.0. The summed E-state index contributed by atoms with van der Waals surface area (Å²) in [5, 5.41) is 13.4. The minimum absolute atomic E-state index is 0.140. The van der Waals surface area contributed by atoms with Crippen LogP contribution in [0.2, 0.25) is 0 Å². The Hall–Kier alpha value is -1.07. The van der Waals surface area contributed by atoms with Crippen LogP contribution < -0.4 is 5.32 Å². The van der Waals surface area contributed by atoms with E-state index in [0.717, 1.165) is 5.03 Å². The number of hydrogen-bond donors (Lipinski definition) is 2. The Bertz CT molecular complexity index is 430. The molecule has 1 amide bonds. The second kappa shape index (κ2) is 6.91. The molecule has 0 aliphatic heterocycles. The minimum atomic E-state index is -0.429. The molecule has 4 nitrogen and oxygen atoms in total. The lowest BCUT2D eigenvalue weighted by Gasteiger charge is -2.25. The van der Waals surface area contributed by atoms with E-state index in [1.54, 1.807) is 18.3 Å². The highest BCUT2D eigenvalue weighted by Crippen LogP contribution is 2.21. The van der Waals surface area contributed by atoms with Gasteiger partial charge in [0, 0.05) is 12.7 Å². The molecular weight excluding hydrogens is 260 g/mol. The van der Waals surface area contributed by atoms with Crippen LogP contribution in [0.1, 0.15) is 37.6 Å². The molecule has 1 unspecified atom stereocenters. The first-order valence-electron chi connectivity index (χ1n) is 6.31. The summed E-state index contributed by atoms with van der Waals surface area (Å²) in [7, 11) is 0. The second-order valence-electron chi connectivity index (χ2n) is 5.49. The Labute approximate surface area is 119 Å². The highest BCUT2D eigenvalue weighted by molar-refractivity contribution is 7.98. The molecular formula is C14H22N2O2S. The van der Waals surface area contributed by atoms with Crippen molar-refractivity contribution in [2.45, 2.75) is 38.3 Å². The molecule has 106 valence electrons. The van der Waals surface area contributed by atoms with Crippen molar-refractivity contribution in [3.63, 3.8) is 0 Å². The molecule has 0 aromatic carbocycles. The molecule has 1 aromatic heterocycles. The number of aliphatic hydroxyl groups excluding tert-OH is 1. The van der Waals surface area contributed by atoms with Crippen molar-refractivity contribution >= 4 is 17.7 Å². The number of rotatable bonds is 5. The Balaban J connectivity index is 2.52. The zero-order valence-electron chi connectivity index (χ0n) is 11.9. The summed E-state index contributed by atoms with van der Waals surface area (Å²) in [6.07, 6.45) is 3.68. The molecule has 0 bridgehead atoms. The standard InChI is InChI=1S/C14H22N2O2S/c1-14(2,3)11(17)7-9-15-12(18)10-6-5-8-16-13(10)19-4/h5-6,8,11,17H,7,9H2,1-4H3,(H,15,18). The quantitative estimate of drug-likeness (QED) is 0.814.